The number of carboxylic acid groups (broad SMARTS) is 1. The maximum atomic E-state index is 10.7. The third-order valence-electron chi connectivity index (χ3n) is 2.80. The SMILES string of the molecule is O=C(O)C1CCC(COCc2ccccc2)O1. The van der Waals surface area contributed by atoms with Gasteiger partial charge < -0.3 is 14.6 Å². The quantitative estimate of drug-likeness (QED) is 0.847. The van der Waals surface area contributed by atoms with Gasteiger partial charge in [-0.15, -0.1) is 0 Å². The molecule has 0 amide bonds. The highest BCUT2D eigenvalue weighted by molar-refractivity contribution is 5.72. The number of hydrogen-bond donors (Lipinski definition) is 1. The molecule has 4 heteroatoms. The van der Waals surface area contributed by atoms with Crippen LogP contribution in [0.1, 0.15) is 18.4 Å². The molecule has 1 N–H and O–H groups in total. The second-order valence-electron chi connectivity index (χ2n) is 4.16. The summed E-state index contributed by atoms with van der Waals surface area (Å²) < 4.78 is 10.9. The van der Waals surface area contributed by atoms with Gasteiger partial charge in [-0.25, -0.2) is 4.79 Å². The van der Waals surface area contributed by atoms with Crippen molar-refractivity contribution in [1.29, 1.82) is 0 Å². The molecule has 1 saturated heterocycles. The third kappa shape index (κ3) is 3.54. The van der Waals surface area contributed by atoms with E-state index in [1.165, 1.54) is 0 Å². The topological polar surface area (TPSA) is 55.8 Å². The van der Waals surface area contributed by atoms with Crippen LogP contribution < -0.4 is 0 Å². The first-order valence-electron chi connectivity index (χ1n) is 5.75. The molecular formula is C13H16O4. The Hall–Kier alpha value is -1.39. The van der Waals surface area contributed by atoms with E-state index in [1.807, 2.05) is 30.3 Å². The average molecular weight is 236 g/mol. The van der Waals surface area contributed by atoms with Gasteiger partial charge in [0.2, 0.25) is 0 Å². The van der Waals surface area contributed by atoms with Crippen LogP contribution in [0.25, 0.3) is 0 Å². The highest BCUT2D eigenvalue weighted by Crippen LogP contribution is 2.20. The summed E-state index contributed by atoms with van der Waals surface area (Å²) in [5.74, 6) is -0.879. The molecule has 1 aromatic carbocycles. The summed E-state index contributed by atoms with van der Waals surface area (Å²) in [4.78, 5) is 10.7. The number of carbonyl (C=O) groups is 1. The van der Waals surface area contributed by atoms with Crippen molar-refractivity contribution in [1.82, 2.24) is 0 Å². The lowest BCUT2D eigenvalue weighted by Crippen LogP contribution is -2.22. The molecule has 0 radical (unpaired) electrons. The van der Waals surface area contributed by atoms with E-state index in [4.69, 9.17) is 14.6 Å². The summed E-state index contributed by atoms with van der Waals surface area (Å²) in [5.41, 5.74) is 1.11. The van der Waals surface area contributed by atoms with Gasteiger partial charge in [0.15, 0.2) is 6.10 Å². The van der Waals surface area contributed by atoms with Gasteiger partial charge in [0.1, 0.15) is 0 Å². The van der Waals surface area contributed by atoms with E-state index < -0.39 is 12.1 Å². The van der Waals surface area contributed by atoms with Crippen LogP contribution in [-0.4, -0.2) is 29.9 Å². The minimum Gasteiger partial charge on any atom is -0.479 e. The third-order valence-corrected chi connectivity index (χ3v) is 2.80. The van der Waals surface area contributed by atoms with Crippen molar-refractivity contribution >= 4 is 5.97 Å². The molecule has 92 valence electrons. The van der Waals surface area contributed by atoms with Crippen LogP contribution >= 0.6 is 0 Å². The summed E-state index contributed by atoms with van der Waals surface area (Å²) in [6, 6.07) is 9.88. The molecule has 2 atom stereocenters. The predicted octanol–water partition coefficient (Wildman–Crippen LogP) is 1.84. The fraction of sp³-hybridized carbons (Fsp3) is 0.462. The van der Waals surface area contributed by atoms with Crippen molar-refractivity contribution in [3.05, 3.63) is 35.9 Å². The van der Waals surface area contributed by atoms with Crippen molar-refractivity contribution in [3.63, 3.8) is 0 Å². The van der Waals surface area contributed by atoms with Crippen LogP contribution in [0.15, 0.2) is 30.3 Å². The predicted molar refractivity (Wildman–Crippen MR) is 61.6 cm³/mol. The normalized spacial score (nSPS) is 23.8. The van der Waals surface area contributed by atoms with Crippen molar-refractivity contribution in [3.8, 4) is 0 Å². The molecule has 0 bridgehead atoms. The number of carboxylic acids is 1. The number of ether oxygens (including phenoxy) is 2. The summed E-state index contributed by atoms with van der Waals surface area (Å²) in [6.07, 6.45) is 0.598. The van der Waals surface area contributed by atoms with Crippen molar-refractivity contribution < 1.29 is 19.4 Å². The Bertz CT molecular complexity index is 363. The van der Waals surface area contributed by atoms with E-state index in [1.54, 1.807) is 0 Å². The first kappa shape index (κ1) is 12.1. The number of rotatable bonds is 5. The minimum atomic E-state index is -0.879. The molecule has 1 fully saturated rings. The minimum absolute atomic E-state index is 0.0835. The first-order chi connectivity index (χ1) is 8.25. The standard InChI is InChI=1S/C13H16O4/c14-13(15)12-7-6-11(17-12)9-16-8-10-4-2-1-3-5-10/h1-5,11-12H,6-9H2,(H,14,15). The summed E-state index contributed by atoms with van der Waals surface area (Å²) in [7, 11) is 0. The molecule has 0 aliphatic carbocycles. The van der Waals surface area contributed by atoms with Crippen molar-refractivity contribution in [2.45, 2.75) is 31.7 Å². The maximum Gasteiger partial charge on any atom is 0.332 e. The first-order valence-corrected chi connectivity index (χ1v) is 5.75. The highest BCUT2D eigenvalue weighted by atomic mass is 16.6. The Morgan fingerprint density at radius 3 is 2.76 bits per heavy atom. The van der Waals surface area contributed by atoms with Gasteiger partial charge in [0.05, 0.1) is 19.3 Å². The Balaban J connectivity index is 1.68. The molecule has 2 rings (SSSR count). The Kier molecular flexibility index (Phi) is 4.12. The van der Waals surface area contributed by atoms with Crippen LogP contribution in [-0.2, 0) is 20.9 Å². The average Bonchev–Trinajstić information content (AvgIpc) is 2.79. The monoisotopic (exact) mass is 236 g/mol. The summed E-state index contributed by atoms with van der Waals surface area (Å²) in [6.45, 7) is 0.997. The molecule has 1 aliphatic rings. The lowest BCUT2D eigenvalue weighted by Gasteiger charge is -2.11. The van der Waals surface area contributed by atoms with E-state index in [2.05, 4.69) is 0 Å². The molecule has 4 nitrogen and oxygen atoms in total. The van der Waals surface area contributed by atoms with Crippen LogP contribution in [0.3, 0.4) is 0 Å². The van der Waals surface area contributed by atoms with Gasteiger partial charge in [-0.2, -0.15) is 0 Å². The number of benzene rings is 1. The molecule has 1 aromatic rings. The zero-order valence-corrected chi connectivity index (χ0v) is 9.54. The van der Waals surface area contributed by atoms with Gasteiger partial charge >= 0.3 is 5.97 Å². The van der Waals surface area contributed by atoms with Gasteiger partial charge in [-0.1, -0.05) is 30.3 Å². The van der Waals surface area contributed by atoms with Gasteiger partial charge in [0, 0.05) is 0 Å². The van der Waals surface area contributed by atoms with Crippen LogP contribution in [0, 0.1) is 0 Å². The number of hydrogen-bond acceptors (Lipinski definition) is 3. The van der Waals surface area contributed by atoms with Crippen LogP contribution in [0.2, 0.25) is 0 Å². The molecular weight excluding hydrogens is 220 g/mol. The van der Waals surface area contributed by atoms with Gasteiger partial charge in [-0.3, -0.25) is 0 Å². The van der Waals surface area contributed by atoms with E-state index in [9.17, 15) is 4.79 Å². The van der Waals surface area contributed by atoms with E-state index in [-0.39, 0.29) is 6.10 Å². The molecule has 1 heterocycles. The molecule has 2 unspecified atom stereocenters. The molecule has 0 aromatic heterocycles. The fourth-order valence-electron chi connectivity index (χ4n) is 1.89. The Labute approximate surface area is 100 Å². The zero-order valence-electron chi connectivity index (χ0n) is 9.54. The van der Waals surface area contributed by atoms with Gasteiger partial charge in [-0.05, 0) is 18.4 Å². The fourth-order valence-corrected chi connectivity index (χ4v) is 1.89. The Morgan fingerprint density at radius 2 is 2.12 bits per heavy atom. The van der Waals surface area contributed by atoms with Crippen LogP contribution in [0.5, 0.6) is 0 Å². The second kappa shape index (κ2) is 5.80. The molecule has 0 saturated carbocycles. The summed E-state index contributed by atoms with van der Waals surface area (Å²) >= 11 is 0. The van der Waals surface area contributed by atoms with E-state index in [0.29, 0.717) is 19.6 Å². The smallest absolute Gasteiger partial charge is 0.332 e. The van der Waals surface area contributed by atoms with Crippen molar-refractivity contribution in [2.24, 2.45) is 0 Å². The Morgan fingerprint density at radius 1 is 1.35 bits per heavy atom. The van der Waals surface area contributed by atoms with E-state index in [0.717, 1.165) is 12.0 Å². The van der Waals surface area contributed by atoms with E-state index >= 15 is 0 Å². The largest absolute Gasteiger partial charge is 0.479 e. The zero-order chi connectivity index (χ0) is 12.1. The van der Waals surface area contributed by atoms with Gasteiger partial charge in [0.25, 0.3) is 0 Å². The summed E-state index contributed by atoms with van der Waals surface area (Å²) in [5, 5.41) is 8.77. The number of aliphatic carboxylic acids is 1. The lowest BCUT2D eigenvalue weighted by molar-refractivity contribution is -0.150. The highest BCUT2D eigenvalue weighted by Gasteiger charge is 2.30. The molecule has 17 heavy (non-hydrogen) atoms. The molecule has 0 spiro atoms. The maximum absolute atomic E-state index is 10.7. The van der Waals surface area contributed by atoms with Crippen LogP contribution in [0.4, 0.5) is 0 Å². The second-order valence-corrected chi connectivity index (χ2v) is 4.16. The van der Waals surface area contributed by atoms with Crippen molar-refractivity contribution in [2.75, 3.05) is 6.61 Å². The molecule has 1 aliphatic heterocycles. The lowest BCUT2D eigenvalue weighted by atomic mass is 10.2.